The van der Waals surface area contributed by atoms with Gasteiger partial charge in [0.2, 0.25) is 5.91 Å². The molecule has 2 heterocycles. The van der Waals surface area contributed by atoms with Gasteiger partial charge in [-0.05, 0) is 35.9 Å². The summed E-state index contributed by atoms with van der Waals surface area (Å²) in [4.78, 5) is 28.3. The molecule has 164 valence electrons. The third-order valence-corrected chi connectivity index (χ3v) is 5.82. The quantitative estimate of drug-likeness (QED) is 0.505. The smallest absolute Gasteiger partial charge is 0.303 e. The average Bonchev–Trinajstić information content (AvgIpc) is 3.22. The van der Waals surface area contributed by atoms with E-state index in [1.807, 2.05) is 30.3 Å². The fourth-order valence-corrected chi connectivity index (χ4v) is 4.03. The Kier molecular flexibility index (Phi) is 6.30. The average molecular weight is 472 g/mol. The number of methoxy groups -OCH3 is 1. The van der Waals surface area contributed by atoms with Crippen LogP contribution in [0.3, 0.4) is 0 Å². The minimum absolute atomic E-state index is 0.168. The number of hydrogen-bond acceptors (Lipinski definition) is 5. The van der Waals surface area contributed by atoms with E-state index in [1.165, 1.54) is 5.01 Å². The molecule has 0 fully saturated rings. The van der Waals surface area contributed by atoms with Crippen molar-refractivity contribution < 1.29 is 19.4 Å². The van der Waals surface area contributed by atoms with Crippen LogP contribution < -0.4 is 4.74 Å². The number of ether oxygens (including phenoxy) is 1. The lowest BCUT2D eigenvalue weighted by Gasteiger charge is -2.23. The van der Waals surface area contributed by atoms with Crippen molar-refractivity contribution >= 4 is 51.7 Å². The third-order valence-electron chi connectivity index (χ3n) is 5.26. The molecule has 9 heteroatoms. The largest absolute Gasteiger partial charge is 0.497 e. The van der Waals surface area contributed by atoms with E-state index >= 15 is 0 Å². The highest BCUT2D eigenvalue weighted by Crippen LogP contribution is 2.38. The molecule has 0 aliphatic carbocycles. The van der Waals surface area contributed by atoms with Crippen LogP contribution in [0, 0.1) is 0 Å². The SMILES string of the molecule is COc1ccc2cc([C@@H]3CC(c4ccc(Cl)cc4)=NN3C(=O)CCC(=O)O)c(Cl)nc2c1. The fraction of sp³-hybridized carbons (Fsp3) is 0.217. The number of nitrogens with zero attached hydrogens (tertiary/aromatic N) is 3. The summed E-state index contributed by atoms with van der Waals surface area (Å²) in [5.74, 6) is -0.781. The van der Waals surface area contributed by atoms with Crippen LogP contribution in [0.1, 0.15) is 36.4 Å². The second kappa shape index (κ2) is 9.14. The molecular weight excluding hydrogens is 453 g/mol. The van der Waals surface area contributed by atoms with Gasteiger partial charge in [-0.15, -0.1) is 0 Å². The zero-order valence-electron chi connectivity index (χ0n) is 17.1. The topological polar surface area (TPSA) is 92.1 Å². The summed E-state index contributed by atoms with van der Waals surface area (Å²) in [5.41, 5.74) is 2.81. The van der Waals surface area contributed by atoms with Gasteiger partial charge in [-0.1, -0.05) is 35.3 Å². The molecule has 1 aromatic heterocycles. The van der Waals surface area contributed by atoms with Crippen molar-refractivity contribution in [2.75, 3.05) is 7.11 Å². The molecule has 7 nitrogen and oxygen atoms in total. The van der Waals surface area contributed by atoms with E-state index in [0.717, 1.165) is 10.9 Å². The summed E-state index contributed by atoms with van der Waals surface area (Å²) >= 11 is 12.5. The van der Waals surface area contributed by atoms with Crippen LogP contribution >= 0.6 is 23.2 Å². The number of pyridine rings is 1. The van der Waals surface area contributed by atoms with Gasteiger partial charge >= 0.3 is 5.97 Å². The molecule has 0 bridgehead atoms. The van der Waals surface area contributed by atoms with Crippen LogP contribution in [-0.4, -0.2) is 39.8 Å². The number of hydrogen-bond donors (Lipinski definition) is 1. The molecule has 3 aromatic rings. The lowest BCUT2D eigenvalue weighted by Crippen LogP contribution is -2.27. The molecule has 1 aliphatic rings. The molecule has 1 amide bonds. The Balaban J connectivity index is 1.73. The number of carbonyl (C=O) groups is 2. The number of rotatable bonds is 6. The van der Waals surface area contributed by atoms with Crippen molar-refractivity contribution in [2.24, 2.45) is 5.10 Å². The summed E-state index contributed by atoms with van der Waals surface area (Å²) < 4.78 is 5.25. The summed E-state index contributed by atoms with van der Waals surface area (Å²) in [7, 11) is 1.58. The first kappa shape index (κ1) is 22.0. The minimum atomic E-state index is -1.05. The molecule has 1 atom stereocenters. The van der Waals surface area contributed by atoms with Crippen molar-refractivity contribution in [2.45, 2.75) is 25.3 Å². The number of carboxylic acid groups (broad SMARTS) is 1. The summed E-state index contributed by atoms with van der Waals surface area (Å²) in [6, 6.07) is 14.0. The number of halogens is 2. The van der Waals surface area contributed by atoms with Gasteiger partial charge in [-0.3, -0.25) is 9.59 Å². The molecule has 0 radical (unpaired) electrons. The Labute approximate surface area is 194 Å². The van der Waals surface area contributed by atoms with E-state index in [9.17, 15) is 9.59 Å². The van der Waals surface area contributed by atoms with Gasteiger partial charge in [-0.25, -0.2) is 9.99 Å². The zero-order chi connectivity index (χ0) is 22.8. The minimum Gasteiger partial charge on any atom is -0.497 e. The molecule has 1 N–H and O–H groups in total. The van der Waals surface area contributed by atoms with Crippen LogP contribution in [0.25, 0.3) is 10.9 Å². The van der Waals surface area contributed by atoms with Crippen LogP contribution in [0.4, 0.5) is 0 Å². The van der Waals surface area contributed by atoms with Crippen molar-refractivity contribution in [3.63, 3.8) is 0 Å². The van der Waals surface area contributed by atoms with E-state index in [2.05, 4.69) is 10.1 Å². The molecule has 0 unspecified atom stereocenters. The summed E-state index contributed by atoms with van der Waals surface area (Å²) in [5, 5.41) is 16.5. The number of carboxylic acids is 1. The van der Waals surface area contributed by atoms with Crippen molar-refractivity contribution in [3.05, 3.63) is 69.8 Å². The Morgan fingerprint density at radius 3 is 2.56 bits per heavy atom. The summed E-state index contributed by atoms with van der Waals surface area (Å²) in [6.45, 7) is 0. The Hall–Kier alpha value is -3.16. The second-order valence-corrected chi connectivity index (χ2v) is 8.13. The molecule has 0 saturated heterocycles. The highest BCUT2D eigenvalue weighted by atomic mass is 35.5. The first-order valence-corrected chi connectivity index (χ1v) is 10.6. The molecule has 32 heavy (non-hydrogen) atoms. The lowest BCUT2D eigenvalue weighted by atomic mass is 9.98. The fourth-order valence-electron chi connectivity index (χ4n) is 3.63. The van der Waals surface area contributed by atoms with Gasteiger partial charge in [-0.2, -0.15) is 5.10 Å². The number of amides is 1. The number of hydrazone groups is 1. The van der Waals surface area contributed by atoms with Gasteiger partial charge in [0.05, 0.1) is 30.8 Å². The molecule has 2 aromatic carbocycles. The van der Waals surface area contributed by atoms with E-state index < -0.39 is 17.9 Å². The van der Waals surface area contributed by atoms with E-state index in [1.54, 1.807) is 25.3 Å². The number of fused-ring (bicyclic) bond motifs is 1. The Bertz CT molecular complexity index is 1230. The van der Waals surface area contributed by atoms with Crippen LogP contribution in [0.5, 0.6) is 5.75 Å². The van der Waals surface area contributed by atoms with Gasteiger partial charge in [0.1, 0.15) is 10.9 Å². The zero-order valence-corrected chi connectivity index (χ0v) is 18.6. The Morgan fingerprint density at radius 2 is 1.88 bits per heavy atom. The number of benzene rings is 2. The van der Waals surface area contributed by atoms with E-state index in [-0.39, 0.29) is 18.0 Å². The van der Waals surface area contributed by atoms with Gasteiger partial charge in [0, 0.05) is 34.9 Å². The number of carbonyl (C=O) groups excluding carboxylic acids is 1. The maximum absolute atomic E-state index is 12.9. The van der Waals surface area contributed by atoms with Crippen molar-refractivity contribution in [1.82, 2.24) is 9.99 Å². The molecule has 1 aliphatic heterocycles. The van der Waals surface area contributed by atoms with Gasteiger partial charge < -0.3 is 9.84 Å². The second-order valence-electron chi connectivity index (χ2n) is 7.33. The van der Waals surface area contributed by atoms with Crippen molar-refractivity contribution in [3.8, 4) is 5.75 Å². The highest BCUT2D eigenvalue weighted by molar-refractivity contribution is 6.31. The standard InChI is InChI=1S/C23H19Cl2N3O4/c1-32-16-7-4-14-10-17(23(25)26-18(14)11-16)20-12-19(13-2-5-15(24)6-3-13)27-28(20)21(29)8-9-22(30)31/h2-7,10-11,20H,8-9,12H2,1H3,(H,30,31)/t20-/m0/s1. The maximum atomic E-state index is 12.9. The van der Waals surface area contributed by atoms with Crippen LogP contribution in [0.15, 0.2) is 53.6 Å². The highest BCUT2D eigenvalue weighted by Gasteiger charge is 2.35. The first-order valence-electron chi connectivity index (χ1n) is 9.87. The van der Waals surface area contributed by atoms with Gasteiger partial charge in [0.25, 0.3) is 0 Å². The monoisotopic (exact) mass is 471 g/mol. The summed E-state index contributed by atoms with van der Waals surface area (Å²) in [6.07, 6.45) is -0.0418. The van der Waals surface area contributed by atoms with Gasteiger partial charge in [0.15, 0.2) is 0 Å². The normalized spacial score (nSPS) is 15.7. The van der Waals surface area contributed by atoms with Crippen molar-refractivity contribution in [1.29, 1.82) is 0 Å². The van der Waals surface area contributed by atoms with Crippen LogP contribution in [0.2, 0.25) is 10.2 Å². The molecular formula is C23H19Cl2N3O4. The van der Waals surface area contributed by atoms with E-state index in [4.69, 9.17) is 33.0 Å². The predicted molar refractivity (Wildman–Crippen MR) is 122 cm³/mol. The molecule has 0 saturated carbocycles. The van der Waals surface area contributed by atoms with E-state index in [0.29, 0.717) is 34.0 Å². The lowest BCUT2D eigenvalue weighted by molar-refractivity contribution is -0.141. The van der Waals surface area contributed by atoms with Crippen LogP contribution in [-0.2, 0) is 9.59 Å². The first-order chi connectivity index (χ1) is 15.4. The predicted octanol–water partition coefficient (Wildman–Crippen LogP) is 5.09. The molecule has 4 rings (SSSR count). The maximum Gasteiger partial charge on any atom is 0.303 e. The molecule has 0 spiro atoms. The number of aliphatic carboxylic acids is 1. The number of aromatic nitrogens is 1. The third kappa shape index (κ3) is 4.54. The Morgan fingerprint density at radius 1 is 1.12 bits per heavy atom.